The third-order valence-corrected chi connectivity index (χ3v) is 10.6. The van der Waals surface area contributed by atoms with E-state index in [9.17, 15) is 20.4 Å². The number of methoxy groups -OCH3 is 2. The number of allylic oxidation sites excluding steroid dienone is 2. The molecule has 0 aliphatic heterocycles. The average molecular weight is 747 g/mol. The highest BCUT2D eigenvalue weighted by atomic mass is 35.5. The SMILES string of the molecule is COc1cc(/C(C)=C\c2cc3cc(N)ccc3s2)cc(CO)c1CO.COc1cc(/C(C)=C\c2cc3cc(N)ccc3s2)cc(CO)c1CO.Cl. The van der Waals surface area contributed by atoms with Gasteiger partial charge in [-0.1, -0.05) is 0 Å². The number of thiophene rings is 2. The summed E-state index contributed by atoms with van der Waals surface area (Å²) in [5.74, 6) is 1.17. The van der Waals surface area contributed by atoms with Gasteiger partial charge in [0.05, 0.1) is 40.6 Å². The van der Waals surface area contributed by atoms with Crippen molar-refractivity contribution in [3.63, 3.8) is 0 Å². The number of nitrogen functional groups attached to an aromatic ring is 2. The molecule has 11 heteroatoms. The molecule has 51 heavy (non-hydrogen) atoms. The van der Waals surface area contributed by atoms with E-state index in [0.29, 0.717) is 33.8 Å². The summed E-state index contributed by atoms with van der Waals surface area (Å²) in [5, 5.41) is 40.5. The highest BCUT2D eigenvalue weighted by molar-refractivity contribution is 7.20. The molecule has 0 unspecified atom stereocenters. The van der Waals surface area contributed by atoms with Crippen LogP contribution in [0.5, 0.6) is 11.5 Å². The molecule has 0 saturated heterocycles. The number of fused-ring (bicyclic) bond motifs is 2. The van der Waals surface area contributed by atoms with E-state index < -0.39 is 0 Å². The first-order valence-corrected chi connectivity index (χ1v) is 17.5. The van der Waals surface area contributed by atoms with Crippen LogP contribution in [0.15, 0.2) is 72.8 Å². The monoisotopic (exact) mass is 746 g/mol. The number of hydrogen-bond donors (Lipinski definition) is 6. The van der Waals surface area contributed by atoms with Crippen molar-refractivity contribution in [2.24, 2.45) is 0 Å². The lowest BCUT2D eigenvalue weighted by atomic mass is 9.99. The summed E-state index contributed by atoms with van der Waals surface area (Å²) in [6.45, 7) is 3.42. The van der Waals surface area contributed by atoms with Crippen LogP contribution in [0, 0.1) is 0 Å². The van der Waals surface area contributed by atoms with Crippen molar-refractivity contribution in [3.05, 3.63) is 116 Å². The molecule has 0 saturated carbocycles. The third kappa shape index (κ3) is 9.10. The number of benzene rings is 4. The first-order chi connectivity index (χ1) is 24.1. The number of ether oxygens (including phenoxy) is 2. The Morgan fingerprint density at radius 1 is 0.588 bits per heavy atom. The van der Waals surface area contributed by atoms with E-state index in [1.807, 2.05) is 74.5 Å². The lowest BCUT2D eigenvalue weighted by Gasteiger charge is -2.14. The number of aliphatic hydroxyl groups excluding tert-OH is 4. The summed E-state index contributed by atoms with van der Waals surface area (Å²) in [7, 11) is 3.13. The van der Waals surface area contributed by atoms with E-state index in [1.54, 1.807) is 36.9 Å². The fraction of sp³-hybridized carbons (Fsp3) is 0.200. The van der Waals surface area contributed by atoms with E-state index in [2.05, 4.69) is 24.3 Å². The van der Waals surface area contributed by atoms with Crippen LogP contribution < -0.4 is 20.9 Å². The van der Waals surface area contributed by atoms with Gasteiger partial charge in [0, 0.05) is 41.7 Å². The maximum Gasteiger partial charge on any atom is 0.125 e. The maximum absolute atomic E-state index is 9.59. The predicted molar refractivity (Wildman–Crippen MR) is 216 cm³/mol. The number of aliphatic hydroxyl groups is 4. The molecule has 0 spiro atoms. The molecule has 8 N–H and O–H groups in total. The predicted octanol–water partition coefficient (Wildman–Crippen LogP) is 8.50. The number of rotatable bonds is 10. The van der Waals surface area contributed by atoms with Crippen LogP contribution in [0.1, 0.15) is 57.0 Å². The largest absolute Gasteiger partial charge is 0.496 e. The molecular formula is C40H43ClN2O6S2. The van der Waals surface area contributed by atoms with Crippen molar-refractivity contribution in [1.29, 1.82) is 0 Å². The van der Waals surface area contributed by atoms with E-state index in [4.69, 9.17) is 20.9 Å². The fourth-order valence-electron chi connectivity index (χ4n) is 5.77. The summed E-state index contributed by atoms with van der Waals surface area (Å²) in [6.07, 6.45) is 4.21. The Hall–Kier alpha value is -4.39. The van der Waals surface area contributed by atoms with Gasteiger partial charge in [0.15, 0.2) is 0 Å². The molecule has 4 aromatic carbocycles. The lowest BCUT2D eigenvalue weighted by molar-refractivity contribution is 0.254. The standard InChI is InChI=1S/2C20H21NO3S.ClH/c2*1-12(5-17-8-14-7-16(21)3-4-20(14)25-17)13-6-15(10-22)18(11-23)19(9-13)24-2;/h2*3-9,22-23H,10-11,21H2,1-2H3;1H/b2*12-5-;. The molecular weight excluding hydrogens is 704 g/mol. The van der Waals surface area contributed by atoms with E-state index >= 15 is 0 Å². The van der Waals surface area contributed by atoms with Gasteiger partial charge in [0.1, 0.15) is 11.5 Å². The molecule has 6 aromatic rings. The van der Waals surface area contributed by atoms with Crippen LogP contribution >= 0.6 is 35.1 Å². The van der Waals surface area contributed by atoms with Gasteiger partial charge in [-0.05, 0) is 143 Å². The smallest absolute Gasteiger partial charge is 0.125 e. The molecule has 2 heterocycles. The van der Waals surface area contributed by atoms with Crippen LogP contribution in [0.25, 0.3) is 43.5 Å². The molecule has 8 nitrogen and oxygen atoms in total. The third-order valence-electron chi connectivity index (χ3n) is 8.45. The van der Waals surface area contributed by atoms with E-state index in [0.717, 1.165) is 54.2 Å². The van der Waals surface area contributed by atoms with Crippen molar-refractivity contribution in [2.75, 3.05) is 25.7 Å². The molecule has 268 valence electrons. The lowest BCUT2D eigenvalue weighted by Crippen LogP contribution is -2.00. The Morgan fingerprint density at radius 3 is 1.31 bits per heavy atom. The second-order valence-corrected chi connectivity index (χ2v) is 14.0. The number of nitrogens with two attached hydrogens (primary N) is 2. The second-order valence-electron chi connectivity index (χ2n) is 11.8. The minimum Gasteiger partial charge on any atom is -0.496 e. The van der Waals surface area contributed by atoms with Gasteiger partial charge in [0.2, 0.25) is 0 Å². The minimum absolute atomic E-state index is 0. The summed E-state index contributed by atoms with van der Waals surface area (Å²) >= 11 is 3.41. The molecule has 0 fully saturated rings. The van der Waals surface area contributed by atoms with Crippen molar-refractivity contribution in [1.82, 2.24) is 0 Å². The van der Waals surface area contributed by atoms with Crippen molar-refractivity contribution >= 4 is 89.9 Å². The van der Waals surface area contributed by atoms with Crippen LogP contribution in [0.3, 0.4) is 0 Å². The van der Waals surface area contributed by atoms with Gasteiger partial charge in [-0.15, -0.1) is 35.1 Å². The summed E-state index contributed by atoms with van der Waals surface area (Å²) < 4.78 is 13.1. The molecule has 0 atom stereocenters. The van der Waals surface area contributed by atoms with Gasteiger partial charge in [0.25, 0.3) is 0 Å². The Kier molecular flexibility index (Phi) is 13.7. The highest BCUT2D eigenvalue weighted by Crippen LogP contribution is 2.34. The Balaban J connectivity index is 0.000000224. The van der Waals surface area contributed by atoms with Gasteiger partial charge in [-0.25, -0.2) is 0 Å². The normalized spacial score (nSPS) is 11.7. The zero-order valence-electron chi connectivity index (χ0n) is 28.9. The van der Waals surface area contributed by atoms with Crippen LogP contribution in [-0.2, 0) is 26.4 Å². The summed E-state index contributed by atoms with van der Waals surface area (Å²) in [5.41, 5.74) is 19.8. The fourth-order valence-corrected chi connectivity index (χ4v) is 7.86. The Bertz CT molecular complexity index is 2000. The molecule has 0 aliphatic rings. The summed E-state index contributed by atoms with van der Waals surface area (Å²) in [6, 6.07) is 23.6. The van der Waals surface area contributed by atoms with Crippen molar-refractivity contribution in [2.45, 2.75) is 40.3 Å². The van der Waals surface area contributed by atoms with Gasteiger partial charge in [-0.3, -0.25) is 0 Å². The molecule has 0 amide bonds. The first-order valence-electron chi connectivity index (χ1n) is 15.9. The zero-order valence-corrected chi connectivity index (χ0v) is 31.3. The topological polar surface area (TPSA) is 151 Å². The molecule has 0 radical (unpaired) electrons. The van der Waals surface area contributed by atoms with Crippen LogP contribution in [0.2, 0.25) is 0 Å². The minimum atomic E-state index is -0.167. The quantitative estimate of drug-likeness (QED) is 0.0764. The van der Waals surface area contributed by atoms with E-state index in [-0.39, 0.29) is 38.8 Å². The molecule has 0 aliphatic carbocycles. The van der Waals surface area contributed by atoms with Crippen LogP contribution in [-0.4, -0.2) is 34.6 Å². The molecule has 2 aromatic heterocycles. The summed E-state index contributed by atoms with van der Waals surface area (Å²) in [4.78, 5) is 2.27. The maximum atomic E-state index is 9.59. The second kappa shape index (κ2) is 17.7. The number of anilines is 2. The van der Waals surface area contributed by atoms with Gasteiger partial charge >= 0.3 is 0 Å². The van der Waals surface area contributed by atoms with Gasteiger partial charge in [-0.2, -0.15) is 0 Å². The average Bonchev–Trinajstić information content (AvgIpc) is 3.72. The van der Waals surface area contributed by atoms with Gasteiger partial charge < -0.3 is 41.4 Å². The highest BCUT2D eigenvalue weighted by Gasteiger charge is 2.13. The molecule has 6 rings (SSSR count). The number of halogens is 1. The Labute approximate surface area is 311 Å². The van der Waals surface area contributed by atoms with E-state index in [1.165, 1.54) is 9.40 Å². The Morgan fingerprint density at radius 2 is 0.980 bits per heavy atom. The van der Waals surface area contributed by atoms with Crippen molar-refractivity contribution < 1.29 is 29.9 Å². The van der Waals surface area contributed by atoms with Crippen molar-refractivity contribution in [3.8, 4) is 11.5 Å². The zero-order chi connectivity index (χ0) is 35.9. The van der Waals surface area contributed by atoms with Crippen LogP contribution in [0.4, 0.5) is 11.4 Å². The first kappa shape index (κ1) is 39.4. The number of hydrogen-bond acceptors (Lipinski definition) is 10. The molecule has 0 bridgehead atoms.